The van der Waals surface area contributed by atoms with E-state index in [0.717, 1.165) is 11.1 Å². The van der Waals surface area contributed by atoms with E-state index in [1.807, 2.05) is 47.1 Å². The van der Waals surface area contributed by atoms with Gasteiger partial charge in [-0.1, -0.05) is 48.0 Å². The number of phenolic OH excluding ortho intramolecular Hbond substituents is 1. The average molecular weight is 674 g/mol. The Labute approximate surface area is 280 Å². The fraction of sp³-hybridized carbons (Fsp3) is 0.364. The summed E-state index contributed by atoms with van der Waals surface area (Å²) in [6.07, 6.45) is 1.39. The normalized spacial score (nSPS) is 21.6. The molecular weight excluding hydrogens is 631 g/mol. The van der Waals surface area contributed by atoms with Crippen molar-refractivity contribution in [3.8, 4) is 5.75 Å². The number of nitrogens with one attached hydrogen (secondary N) is 1. The van der Waals surface area contributed by atoms with Crippen molar-refractivity contribution in [1.29, 1.82) is 0 Å². The molecule has 1 aromatic heterocycles. The van der Waals surface area contributed by atoms with Crippen LogP contribution in [0.15, 0.2) is 77.7 Å². The largest absolute Gasteiger partial charge is 0.506 e. The maximum atomic E-state index is 14.0. The van der Waals surface area contributed by atoms with Gasteiger partial charge in [-0.2, -0.15) is 15.0 Å². The smallest absolute Gasteiger partial charge is 0.264 e. The number of nitrogens with zero attached hydrogens (tertiary/aromatic N) is 6. The minimum Gasteiger partial charge on any atom is -0.506 e. The van der Waals surface area contributed by atoms with Crippen LogP contribution in [0, 0.1) is 6.92 Å². The maximum absolute atomic E-state index is 14.0. The second-order valence-corrected chi connectivity index (χ2v) is 14.6. The molecule has 15 heteroatoms. The van der Waals surface area contributed by atoms with Crippen molar-refractivity contribution in [3.05, 3.63) is 83.9 Å². The number of benzene rings is 3. The summed E-state index contributed by atoms with van der Waals surface area (Å²) in [7, 11) is -4.05. The first-order chi connectivity index (χ1) is 22.9. The lowest BCUT2D eigenvalue weighted by molar-refractivity contribution is 0.441. The monoisotopic (exact) mass is 673 g/mol. The molecule has 0 spiro atoms. The van der Waals surface area contributed by atoms with Gasteiger partial charge in [0.25, 0.3) is 10.0 Å². The first-order valence-corrected chi connectivity index (χ1v) is 17.4. The first kappa shape index (κ1) is 33.4. The van der Waals surface area contributed by atoms with E-state index in [0.29, 0.717) is 56.6 Å². The predicted molar refractivity (Wildman–Crippen MR) is 188 cm³/mol. The molecule has 0 saturated carbocycles. The Morgan fingerprint density at radius 3 is 1.85 bits per heavy atom. The summed E-state index contributed by atoms with van der Waals surface area (Å²) in [5.41, 5.74) is 27.4. The molecule has 2 fully saturated rings. The van der Waals surface area contributed by atoms with Crippen LogP contribution in [0.4, 0.5) is 29.2 Å². The summed E-state index contributed by atoms with van der Waals surface area (Å²) in [5.74, 6) is 0.776. The van der Waals surface area contributed by atoms with E-state index in [2.05, 4.69) is 15.3 Å². The minimum atomic E-state index is -4.05. The van der Waals surface area contributed by atoms with Crippen LogP contribution in [0.2, 0.25) is 0 Å². The number of anilines is 5. The standard InChI is InChI=1S/C33H43N11O3S/c1-21-7-10-28(11-8-21)48(46,47)44(16-22-5-3-2-4-6-22)29-12-9-27(15-30(29)45)38-31-39-32(42-17-23(34)13-24(35)18-42)41-33(40-31)43-19-25(36)14-26(37)20-43/h2-12,15,23-26,45H,13-14,16-20,34-37H2,1H3,(H,38,39,40,41). The molecule has 4 aromatic rings. The second kappa shape index (κ2) is 13.9. The summed E-state index contributed by atoms with van der Waals surface area (Å²) >= 11 is 0. The van der Waals surface area contributed by atoms with E-state index in [-0.39, 0.29) is 53.0 Å². The van der Waals surface area contributed by atoms with Gasteiger partial charge in [0, 0.05) is 62.1 Å². The summed E-state index contributed by atoms with van der Waals surface area (Å²) in [5, 5.41) is 14.5. The molecule has 4 unspecified atom stereocenters. The number of hydrogen-bond acceptors (Lipinski definition) is 13. The molecule has 2 saturated heterocycles. The quantitative estimate of drug-likeness (QED) is 0.149. The van der Waals surface area contributed by atoms with Crippen LogP contribution in [-0.4, -0.2) is 78.8 Å². The van der Waals surface area contributed by atoms with E-state index in [1.165, 1.54) is 10.4 Å². The Kier molecular flexibility index (Phi) is 9.66. The molecule has 3 heterocycles. The average Bonchev–Trinajstić information content (AvgIpc) is 3.04. The number of phenols is 1. The van der Waals surface area contributed by atoms with Gasteiger partial charge in [0.05, 0.1) is 17.1 Å². The predicted octanol–water partition coefficient (Wildman–Crippen LogP) is 1.75. The van der Waals surface area contributed by atoms with Gasteiger partial charge in [-0.25, -0.2) is 8.42 Å². The fourth-order valence-electron chi connectivity index (χ4n) is 6.20. The zero-order chi connectivity index (χ0) is 34.0. The third kappa shape index (κ3) is 7.61. The van der Waals surface area contributed by atoms with Gasteiger partial charge in [0.2, 0.25) is 17.8 Å². The molecule has 0 amide bonds. The Hall–Kier alpha value is -4.54. The first-order valence-electron chi connectivity index (χ1n) is 16.0. The van der Waals surface area contributed by atoms with Crippen molar-refractivity contribution < 1.29 is 13.5 Å². The molecule has 2 aliphatic rings. The molecule has 6 rings (SSSR count). The number of nitrogens with two attached hydrogens (primary N) is 4. The van der Waals surface area contributed by atoms with Gasteiger partial charge in [-0.3, -0.25) is 4.31 Å². The zero-order valence-corrected chi connectivity index (χ0v) is 27.7. The van der Waals surface area contributed by atoms with Gasteiger partial charge in [0.15, 0.2) is 0 Å². The van der Waals surface area contributed by atoms with Crippen LogP contribution in [0.5, 0.6) is 5.75 Å². The highest BCUT2D eigenvalue weighted by Crippen LogP contribution is 2.36. The summed E-state index contributed by atoms with van der Waals surface area (Å²) in [6, 6.07) is 20.0. The van der Waals surface area contributed by atoms with Crippen LogP contribution >= 0.6 is 0 Å². The van der Waals surface area contributed by atoms with E-state index in [9.17, 15) is 13.5 Å². The number of piperidine rings is 2. The number of sulfonamides is 1. The van der Waals surface area contributed by atoms with Gasteiger partial charge in [0.1, 0.15) is 5.75 Å². The van der Waals surface area contributed by atoms with Gasteiger partial charge >= 0.3 is 0 Å². The molecule has 48 heavy (non-hydrogen) atoms. The molecule has 254 valence electrons. The van der Waals surface area contributed by atoms with E-state index >= 15 is 0 Å². The number of aromatic nitrogens is 3. The molecular formula is C33H43N11O3S. The molecule has 4 atom stereocenters. The van der Waals surface area contributed by atoms with Crippen molar-refractivity contribution in [2.24, 2.45) is 22.9 Å². The highest BCUT2D eigenvalue weighted by Gasteiger charge is 2.30. The SMILES string of the molecule is Cc1ccc(S(=O)(=O)N(Cc2ccccc2)c2ccc(Nc3nc(N4CC(N)CC(N)C4)nc(N4CC(N)CC(N)C4)n3)cc2O)cc1. The third-order valence-corrected chi connectivity index (χ3v) is 10.3. The Bertz CT molecular complexity index is 1760. The third-order valence-electron chi connectivity index (χ3n) is 8.49. The lowest BCUT2D eigenvalue weighted by atomic mass is 10.0. The lowest BCUT2D eigenvalue weighted by Gasteiger charge is -2.37. The van der Waals surface area contributed by atoms with E-state index in [1.54, 1.807) is 36.4 Å². The van der Waals surface area contributed by atoms with Gasteiger partial charge < -0.3 is 43.2 Å². The second-order valence-electron chi connectivity index (χ2n) is 12.7. The summed E-state index contributed by atoms with van der Waals surface area (Å²) in [4.78, 5) is 18.1. The van der Waals surface area contributed by atoms with Gasteiger partial charge in [-0.05, 0) is 49.6 Å². The maximum Gasteiger partial charge on any atom is 0.264 e. The minimum absolute atomic E-state index is 0.0117. The Morgan fingerprint density at radius 2 is 1.33 bits per heavy atom. The van der Waals surface area contributed by atoms with Crippen LogP contribution < -0.4 is 42.4 Å². The lowest BCUT2D eigenvalue weighted by Crippen LogP contribution is -2.54. The molecule has 14 nitrogen and oxygen atoms in total. The fourth-order valence-corrected chi connectivity index (χ4v) is 7.67. The molecule has 10 N–H and O–H groups in total. The number of rotatable bonds is 9. The van der Waals surface area contributed by atoms with E-state index in [4.69, 9.17) is 27.9 Å². The van der Waals surface area contributed by atoms with Crippen molar-refractivity contribution in [2.45, 2.75) is 55.4 Å². The van der Waals surface area contributed by atoms with Crippen LogP contribution in [0.3, 0.4) is 0 Å². The highest BCUT2D eigenvalue weighted by atomic mass is 32.2. The van der Waals surface area contributed by atoms with Crippen LogP contribution in [0.25, 0.3) is 0 Å². The number of aryl methyl sites for hydroxylation is 1. The van der Waals surface area contributed by atoms with E-state index < -0.39 is 10.0 Å². The number of aromatic hydroxyl groups is 1. The molecule has 0 bridgehead atoms. The van der Waals surface area contributed by atoms with Crippen molar-refractivity contribution in [1.82, 2.24) is 15.0 Å². The summed E-state index contributed by atoms with van der Waals surface area (Å²) < 4.78 is 29.1. The molecule has 0 aliphatic carbocycles. The topological polar surface area (TPSA) is 219 Å². The van der Waals surface area contributed by atoms with Gasteiger partial charge in [-0.15, -0.1) is 0 Å². The molecule has 0 radical (unpaired) electrons. The summed E-state index contributed by atoms with van der Waals surface area (Å²) in [6.45, 7) is 4.00. The number of hydrogen-bond donors (Lipinski definition) is 6. The van der Waals surface area contributed by atoms with Crippen LogP contribution in [0.1, 0.15) is 24.0 Å². The highest BCUT2D eigenvalue weighted by molar-refractivity contribution is 7.92. The molecule has 2 aliphatic heterocycles. The zero-order valence-electron chi connectivity index (χ0n) is 26.9. The Balaban J connectivity index is 1.34. The van der Waals surface area contributed by atoms with Crippen molar-refractivity contribution in [3.63, 3.8) is 0 Å². The van der Waals surface area contributed by atoms with Crippen LogP contribution in [-0.2, 0) is 16.6 Å². The Morgan fingerprint density at radius 1 is 0.792 bits per heavy atom. The molecule has 3 aromatic carbocycles. The van der Waals surface area contributed by atoms with Crippen molar-refractivity contribution >= 4 is 39.2 Å². The van der Waals surface area contributed by atoms with Crippen molar-refractivity contribution in [2.75, 3.05) is 45.6 Å².